The lowest BCUT2D eigenvalue weighted by molar-refractivity contribution is 0.530. The first-order valence-corrected chi connectivity index (χ1v) is 4.79. The van der Waals surface area contributed by atoms with Crippen molar-refractivity contribution in [3.05, 3.63) is 23.8 Å². The van der Waals surface area contributed by atoms with E-state index in [1.807, 2.05) is 30.7 Å². The van der Waals surface area contributed by atoms with Crippen LogP contribution in [0.25, 0.3) is 11.0 Å². The topological polar surface area (TPSA) is 80.6 Å². The minimum atomic E-state index is 0.0245. The van der Waals surface area contributed by atoms with E-state index in [-0.39, 0.29) is 11.9 Å². The summed E-state index contributed by atoms with van der Waals surface area (Å²) in [5.74, 6) is 0.0245. The van der Waals surface area contributed by atoms with Crippen molar-refractivity contribution < 1.29 is 0 Å². The van der Waals surface area contributed by atoms with Gasteiger partial charge in [-0.2, -0.15) is 0 Å². The maximum atomic E-state index is 7.43. The highest BCUT2D eigenvalue weighted by molar-refractivity contribution is 6.05. The van der Waals surface area contributed by atoms with Crippen molar-refractivity contribution in [2.24, 2.45) is 5.73 Å². The fraction of sp³-hybridized carbons (Fsp3) is 0.300. The molecule has 0 atom stereocenters. The van der Waals surface area contributed by atoms with Gasteiger partial charge in [-0.1, -0.05) is 11.3 Å². The molecule has 0 amide bonds. The number of rotatable bonds is 2. The highest BCUT2D eigenvalue weighted by Crippen LogP contribution is 2.18. The molecule has 0 fully saturated rings. The molecule has 0 aliphatic carbocycles. The molecule has 1 aromatic carbocycles. The van der Waals surface area contributed by atoms with Crippen LogP contribution in [0.4, 0.5) is 0 Å². The van der Waals surface area contributed by atoms with Crippen LogP contribution in [-0.4, -0.2) is 20.8 Å². The Hall–Kier alpha value is -1.91. The van der Waals surface area contributed by atoms with Gasteiger partial charge in [-0.05, 0) is 26.0 Å². The van der Waals surface area contributed by atoms with Gasteiger partial charge in [0.1, 0.15) is 11.4 Å². The minimum Gasteiger partial charge on any atom is -0.384 e. The molecule has 2 rings (SSSR count). The molecule has 5 heteroatoms. The van der Waals surface area contributed by atoms with E-state index in [0.717, 1.165) is 5.52 Å². The summed E-state index contributed by atoms with van der Waals surface area (Å²) in [7, 11) is 0. The molecule has 0 aliphatic heterocycles. The third-order valence-electron chi connectivity index (χ3n) is 2.28. The molecule has 3 N–H and O–H groups in total. The maximum absolute atomic E-state index is 7.43. The van der Waals surface area contributed by atoms with Gasteiger partial charge in [0, 0.05) is 11.6 Å². The maximum Gasteiger partial charge on any atom is 0.125 e. The smallest absolute Gasteiger partial charge is 0.125 e. The Labute approximate surface area is 87.4 Å². The summed E-state index contributed by atoms with van der Waals surface area (Å²) in [4.78, 5) is 0. The molecule has 0 unspecified atom stereocenters. The fourth-order valence-corrected chi connectivity index (χ4v) is 1.56. The highest BCUT2D eigenvalue weighted by Gasteiger charge is 2.11. The van der Waals surface area contributed by atoms with Gasteiger partial charge in [-0.3, -0.25) is 5.41 Å². The zero-order chi connectivity index (χ0) is 11.0. The molecule has 1 heterocycles. The molecule has 0 aliphatic rings. The van der Waals surface area contributed by atoms with Crippen molar-refractivity contribution in [1.29, 1.82) is 5.41 Å². The second-order valence-corrected chi connectivity index (χ2v) is 3.71. The van der Waals surface area contributed by atoms with Crippen LogP contribution in [0.1, 0.15) is 25.5 Å². The number of hydrogen-bond donors (Lipinski definition) is 2. The van der Waals surface area contributed by atoms with Crippen LogP contribution in [0.3, 0.4) is 0 Å². The first-order valence-electron chi connectivity index (χ1n) is 4.79. The number of benzene rings is 1. The largest absolute Gasteiger partial charge is 0.384 e. The summed E-state index contributed by atoms with van der Waals surface area (Å²) >= 11 is 0. The van der Waals surface area contributed by atoms with E-state index in [2.05, 4.69) is 10.3 Å². The minimum absolute atomic E-state index is 0.0245. The van der Waals surface area contributed by atoms with Crippen LogP contribution < -0.4 is 5.73 Å². The Kier molecular flexibility index (Phi) is 2.15. The van der Waals surface area contributed by atoms with Gasteiger partial charge in [0.2, 0.25) is 0 Å². The van der Waals surface area contributed by atoms with Crippen LogP contribution >= 0.6 is 0 Å². The van der Waals surface area contributed by atoms with E-state index in [4.69, 9.17) is 11.1 Å². The Morgan fingerprint density at radius 2 is 2.20 bits per heavy atom. The summed E-state index contributed by atoms with van der Waals surface area (Å²) in [5.41, 5.74) is 7.72. The number of nitrogens with one attached hydrogen (secondary N) is 1. The summed E-state index contributed by atoms with van der Waals surface area (Å²) in [5, 5.41) is 15.5. The van der Waals surface area contributed by atoms with E-state index >= 15 is 0 Å². The lowest BCUT2D eigenvalue weighted by atomic mass is 10.1. The number of nitrogens with two attached hydrogens (primary N) is 1. The third kappa shape index (κ3) is 1.45. The fourth-order valence-electron chi connectivity index (χ4n) is 1.56. The van der Waals surface area contributed by atoms with Crippen LogP contribution in [0.5, 0.6) is 0 Å². The van der Waals surface area contributed by atoms with Crippen molar-refractivity contribution in [3.63, 3.8) is 0 Å². The Bertz CT molecular complexity index is 512. The lowest BCUT2D eigenvalue weighted by Crippen LogP contribution is -2.11. The number of nitrogens with zero attached hydrogens (tertiary/aromatic N) is 3. The normalized spacial score (nSPS) is 11.1. The summed E-state index contributed by atoms with van der Waals surface area (Å²) in [6.45, 7) is 4.07. The summed E-state index contributed by atoms with van der Waals surface area (Å²) in [6, 6.07) is 5.82. The van der Waals surface area contributed by atoms with Gasteiger partial charge in [0.15, 0.2) is 0 Å². The Balaban J connectivity index is 2.74. The van der Waals surface area contributed by atoms with Crippen molar-refractivity contribution in [2.45, 2.75) is 19.9 Å². The van der Waals surface area contributed by atoms with Gasteiger partial charge in [-0.25, -0.2) is 4.68 Å². The molecule has 1 aromatic heterocycles. The standard InChI is InChI=1S/C10H13N5/c1-6(2)15-8-5-3-4-7(10(11)12)9(8)13-14-15/h3-6H,1-2H3,(H3,11,12). The average Bonchev–Trinajstić information content (AvgIpc) is 2.59. The zero-order valence-corrected chi connectivity index (χ0v) is 8.73. The Morgan fingerprint density at radius 1 is 1.47 bits per heavy atom. The number of nitrogen functional groups attached to an aromatic ring is 1. The molecule has 0 saturated heterocycles. The van der Waals surface area contributed by atoms with Gasteiger partial charge in [-0.15, -0.1) is 5.10 Å². The second kappa shape index (κ2) is 3.34. The number of hydrogen-bond acceptors (Lipinski definition) is 3. The second-order valence-electron chi connectivity index (χ2n) is 3.71. The SMILES string of the molecule is CC(C)n1nnc2c(C(=N)N)cccc21. The molecular formula is C10H13N5. The lowest BCUT2D eigenvalue weighted by Gasteiger charge is -2.05. The van der Waals surface area contributed by atoms with Crippen molar-refractivity contribution in [1.82, 2.24) is 15.0 Å². The van der Waals surface area contributed by atoms with Crippen LogP contribution in [0, 0.1) is 5.41 Å². The number of amidine groups is 1. The molecule has 0 saturated carbocycles. The van der Waals surface area contributed by atoms with Gasteiger partial charge >= 0.3 is 0 Å². The van der Waals surface area contributed by atoms with Crippen molar-refractivity contribution in [3.8, 4) is 0 Å². The summed E-state index contributed by atoms with van der Waals surface area (Å²) < 4.78 is 1.82. The van der Waals surface area contributed by atoms with Gasteiger partial charge in [0.05, 0.1) is 5.52 Å². The molecule has 0 radical (unpaired) electrons. The molecule has 2 aromatic rings. The van der Waals surface area contributed by atoms with Crippen molar-refractivity contribution in [2.75, 3.05) is 0 Å². The first kappa shape index (κ1) is 9.64. The quantitative estimate of drug-likeness (QED) is 0.570. The van der Waals surface area contributed by atoms with Crippen LogP contribution in [0.2, 0.25) is 0 Å². The zero-order valence-electron chi connectivity index (χ0n) is 8.73. The van der Waals surface area contributed by atoms with Crippen LogP contribution in [0.15, 0.2) is 18.2 Å². The molecule has 15 heavy (non-hydrogen) atoms. The van der Waals surface area contributed by atoms with Gasteiger partial charge in [0.25, 0.3) is 0 Å². The Morgan fingerprint density at radius 3 is 2.80 bits per heavy atom. The predicted octanol–water partition coefficient (Wildman–Crippen LogP) is 1.30. The van der Waals surface area contributed by atoms with Gasteiger partial charge < -0.3 is 5.73 Å². The van der Waals surface area contributed by atoms with E-state index in [9.17, 15) is 0 Å². The molecule has 0 bridgehead atoms. The van der Waals surface area contributed by atoms with E-state index in [0.29, 0.717) is 11.1 Å². The van der Waals surface area contributed by atoms with Crippen LogP contribution in [-0.2, 0) is 0 Å². The first-order chi connectivity index (χ1) is 7.11. The average molecular weight is 203 g/mol. The molecule has 78 valence electrons. The number of fused-ring (bicyclic) bond motifs is 1. The van der Waals surface area contributed by atoms with E-state index in [1.54, 1.807) is 6.07 Å². The molecule has 0 spiro atoms. The summed E-state index contributed by atoms with van der Waals surface area (Å²) in [6.07, 6.45) is 0. The third-order valence-corrected chi connectivity index (χ3v) is 2.28. The highest BCUT2D eigenvalue weighted by atomic mass is 15.4. The molecule has 5 nitrogen and oxygen atoms in total. The molecular weight excluding hydrogens is 190 g/mol. The monoisotopic (exact) mass is 203 g/mol. The van der Waals surface area contributed by atoms with E-state index < -0.39 is 0 Å². The van der Waals surface area contributed by atoms with Crippen molar-refractivity contribution >= 4 is 16.9 Å². The predicted molar refractivity (Wildman–Crippen MR) is 58.9 cm³/mol. The number of aromatic nitrogens is 3. The van der Waals surface area contributed by atoms with E-state index in [1.165, 1.54) is 0 Å².